The number of aromatic nitrogens is 1. The minimum atomic E-state index is 0.0730. The first-order valence-corrected chi connectivity index (χ1v) is 13.7. The van der Waals surface area contributed by atoms with Crippen molar-refractivity contribution in [3.63, 3.8) is 0 Å². The second-order valence-electron chi connectivity index (χ2n) is 10.5. The zero-order chi connectivity index (χ0) is 26.2. The number of hydrogen-bond acceptors (Lipinski definition) is 2. The van der Waals surface area contributed by atoms with Gasteiger partial charge in [0.05, 0.1) is 11.2 Å². The average Bonchev–Trinajstić information content (AvgIpc) is 3.36. The molecule has 0 spiro atoms. The third-order valence-electron chi connectivity index (χ3n) is 8.43. The topological polar surface area (TPSA) is 17.4 Å². The number of para-hydroxylation sites is 5. The third kappa shape index (κ3) is 2.85. The van der Waals surface area contributed by atoms with Gasteiger partial charge in [0.2, 0.25) is 0 Å². The standard InChI is InChI=1S/C36H23BN2O/c1-3-12-24(13-4-1)38(25-14-5-2-6-15-25)32-23-22-31-34-36(32)40-33-21-10-8-18-28(33)37(34)29-19-11-17-27-26-16-7-9-20-30(26)39(31)35(27)29/h1-23H. The molecule has 0 amide bonds. The summed E-state index contributed by atoms with van der Waals surface area (Å²) in [5.41, 5.74) is 10.7. The first kappa shape index (κ1) is 21.7. The lowest BCUT2D eigenvalue weighted by molar-refractivity contribution is 0.488. The van der Waals surface area contributed by atoms with Gasteiger partial charge >= 0.3 is 0 Å². The Balaban J connectivity index is 1.42. The number of fused-ring (bicyclic) bond motifs is 7. The van der Waals surface area contributed by atoms with Gasteiger partial charge in [-0.25, -0.2) is 0 Å². The van der Waals surface area contributed by atoms with E-state index in [1.54, 1.807) is 0 Å². The largest absolute Gasteiger partial charge is 0.456 e. The van der Waals surface area contributed by atoms with Crippen molar-refractivity contribution in [2.24, 2.45) is 0 Å². The van der Waals surface area contributed by atoms with E-state index in [4.69, 9.17) is 4.74 Å². The van der Waals surface area contributed by atoms with Gasteiger partial charge in [-0.3, -0.25) is 0 Å². The van der Waals surface area contributed by atoms with Gasteiger partial charge < -0.3 is 14.2 Å². The lowest BCUT2D eigenvalue weighted by Crippen LogP contribution is -2.58. The van der Waals surface area contributed by atoms with Crippen LogP contribution in [0.5, 0.6) is 11.5 Å². The lowest BCUT2D eigenvalue weighted by atomic mass is 9.34. The summed E-state index contributed by atoms with van der Waals surface area (Å²) in [4.78, 5) is 2.31. The third-order valence-corrected chi connectivity index (χ3v) is 8.43. The summed E-state index contributed by atoms with van der Waals surface area (Å²) in [5, 5.41) is 2.57. The summed E-state index contributed by atoms with van der Waals surface area (Å²) in [6, 6.07) is 49.7. The molecule has 9 rings (SSSR count). The van der Waals surface area contributed by atoms with E-state index in [-0.39, 0.29) is 6.71 Å². The van der Waals surface area contributed by atoms with Crippen LogP contribution in [0.15, 0.2) is 140 Å². The predicted molar refractivity (Wildman–Crippen MR) is 167 cm³/mol. The molecule has 4 heteroatoms. The van der Waals surface area contributed by atoms with Crippen molar-refractivity contribution in [2.75, 3.05) is 4.90 Å². The molecular formula is C36H23BN2O. The summed E-state index contributed by atoms with van der Waals surface area (Å²) < 4.78 is 9.37. The zero-order valence-electron chi connectivity index (χ0n) is 21.7. The minimum Gasteiger partial charge on any atom is -0.456 e. The fourth-order valence-corrected chi connectivity index (χ4v) is 6.85. The molecule has 0 fully saturated rings. The molecule has 3 heterocycles. The van der Waals surface area contributed by atoms with Crippen molar-refractivity contribution < 1.29 is 4.74 Å². The molecule has 0 bridgehead atoms. The van der Waals surface area contributed by atoms with E-state index < -0.39 is 0 Å². The molecule has 6 aromatic carbocycles. The molecule has 2 aliphatic heterocycles. The fraction of sp³-hybridized carbons (Fsp3) is 0. The fourth-order valence-electron chi connectivity index (χ4n) is 6.85. The van der Waals surface area contributed by atoms with Crippen LogP contribution in [0.4, 0.5) is 17.1 Å². The highest BCUT2D eigenvalue weighted by atomic mass is 16.5. The lowest BCUT2D eigenvalue weighted by Gasteiger charge is -2.36. The normalized spacial score (nSPS) is 12.7. The Morgan fingerprint density at radius 1 is 0.550 bits per heavy atom. The van der Waals surface area contributed by atoms with Gasteiger partial charge in [0.25, 0.3) is 6.71 Å². The van der Waals surface area contributed by atoms with Crippen LogP contribution in [-0.2, 0) is 0 Å². The highest BCUT2D eigenvalue weighted by Gasteiger charge is 2.41. The second kappa shape index (κ2) is 8.14. The van der Waals surface area contributed by atoms with Crippen molar-refractivity contribution in [3.8, 4) is 17.2 Å². The summed E-state index contributed by atoms with van der Waals surface area (Å²) in [7, 11) is 0. The molecule has 0 N–H and O–H groups in total. The summed E-state index contributed by atoms with van der Waals surface area (Å²) in [5.74, 6) is 1.83. The minimum absolute atomic E-state index is 0.0730. The molecular weight excluding hydrogens is 487 g/mol. The molecule has 0 aliphatic carbocycles. The number of hydrogen-bond donors (Lipinski definition) is 0. The van der Waals surface area contributed by atoms with E-state index in [9.17, 15) is 0 Å². The van der Waals surface area contributed by atoms with Crippen LogP contribution in [0.2, 0.25) is 0 Å². The van der Waals surface area contributed by atoms with Crippen LogP contribution < -0.4 is 26.0 Å². The first-order chi connectivity index (χ1) is 19.9. The van der Waals surface area contributed by atoms with Crippen LogP contribution in [0.1, 0.15) is 0 Å². The molecule has 186 valence electrons. The zero-order valence-corrected chi connectivity index (χ0v) is 21.7. The SMILES string of the molecule is c1ccc(N(c2ccccc2)c2ccc3c4c2Oc2ccccc2B4c2cccc4c5ccccc5n-3c24)cc1. The van der Waals surface area contributed by atoms with Crippen LogP contribution in [0.25, 0.3) is 27.5 Å². The van der Waals surface area contributed by atoms with Crippen molar-refractivity contribution in [2.45, 2.75) is 0 Å². The van der Waals surface area contributed by atoms with Crippen LogP contribution >= 0.6 is 0 Å². The first-order valence-electron chi connectivity index (χ1n) is 13.7. The van der Waals surface area contributed by atoms with E-state index in [0.29, 0.717) is 0 Å². The summed E-state index contributed by atoms with van der Waals surface area (Å²) in [6.45, 7) is 0.0730. The van der Waals surface area contributed by atoms with Gasteiger partial charge in [0.15, 0.2) is 0 Å². The number of ether oxygens (including phenoxy) is 1. The van der Waals surface area contributed by atoms with Crippen molar-refractivity contribution in [1.82, 2.24) is 4.57 Å². The van der Waals surface area contributed by atoms with Gasteiger partial charge in [0.1, 0.15) is 11.5 Å². The van der Waals surface area contributed by atoms with Gasteiger partial charge in [-0.2, -0.15) is 0 Å². The maximum Gasteiger partial charge on any atom is 0.256 e. The van der Waals surface area contributed by atoms with E-state index in [1.807, 2.05) is 0 Å². The van der Waals surface area contributed by atoms with Gasteiger partial charge in [-0.1, -0.05) is 91.0 Å². The molecule has 0 saturated heterocycles. The van der Waals surface area contributed by atoms with Gasteiger partial charge in [0, 0.05) is 33.4 Å². The average molecular weight is 510 g/mol. The Bertz CT molecular complexity index is 2060. The Labute approximate surface area is 232 Å². The van der Waals surface area contributed by atoms with E-state index in [2.05, 4.69) is 149 Å². The van der Waals surface area contributed by atoms with Crippen molar-refractivity contribution in [1.29, 1.82) is 0 Å². The quantitative estimate of drug-likeness (QED) is 0.234. The Morgan fingerprint density at radius 3 is 2.00 bits per heavy atom. The Hall–Kier alpha value is -5.22. The van der Waals surface area contributed by atoms with E-state index in [0.717, 1.165) is 28.6 Å². The molecule has 1 aromatic heterocycles. The Morgan fingerprint density at radius 2 is 1.20 bits per heavy atom. The molecule has 2 aliphatic rings. The second-order valence-corrected chi connectivity index (χ2v) is 10.5. The number of nitrogens with zero attached hydrogens (tertiary/aromatic N) is 2. The summed E-state index contributed by atoms with van der Waals surface area (Å²) in [6.07, 6.45) is 0. The van der Waals surface area contributed by atoms with Crippen LogP contribution in [0.3, 0.4) is 0 Å². The molecule has 7 aromatic rings. The number of benzene rings is 6. The highest BCUT2D eigenvalue weighted by Crippen LogP contribution is 2.45. The monoisotopic (exact) mass is 510 g/mol. The maximum absolute atomic E-state index is 6.92. The summed E-state index contributed by atoms with van der Waals surface area (Å²) >= 11 is 0. The molecule has 40 heavy (non-hydrogen) atoms. The molecule has 0 unspecified atom stereocenters. The van der Waals surface area contributed by atoms with Crippen molar-refractivity contribution >= 4 is 62.0 Å². The van der Waals surface area contributed by atoms with Crippen molar-refractivity contribution in [3.05, 3.63) is 140 Å². The molecule has 0 radical (unpaired) electrons. The molecule has 3 nitrogen and oxygen atoms in total. The highest BCUT2D eigenvalue weighted by molar-refractivity contribution is 6.99. The molecule has 0 atom stereocenters. The maximum atomic E-state index is 6.92. The molecule has 0 saturated carbocycles. The van der Waals surface area contributed by atoms with Gasteiger partial charge in [-0.05, 0) is 64.9 Å². The Kier molecular flexibility index (Phi) is 4.41. The number of anilines is 3. The predicted octanol–water partition coefficient (Wildman–Crippen LogP) is 7.19. The van der Waals surface area contributed by atoms with Crippen LogP contribution in [0, 0.1) is 0 Å². The van der Waals surface area contributed by atoms with Crippen LogP contribution in [-0.4, -0.2) is 11.3 Å². The van der Waals surface area contributed by atoms with E-state index >= 15 is 0 Å². The van der Waals surface area contributed by atoms with E-state index in [1.165, 1.54) is 43.9 Å². The van der Waals surface area contributed by atoms with Gasteiger partial charge in [-0.15, -0.1) is 0 Å². The number of rotatable bonds is 3. The smallest absolute Gasteiger partial charge is 0.256 e.